The number of allylic oxidation sites excluding steroid dienone is 1. The van der Waals surface area contributed by atoms with Crippen LogP contribution in [-0.4, -0.2) is 64.6 Å². The molecule has 2 atom stereocenters. The maximum atomic E-state index is 14.3. The molecule has 0 bridgehead atoms. The number of fused-ring (bicyclic) bond motifs is 1. The number of hydrogen-bond donors (Lipinski definition) is 1. The van der Waals surface area contributed by atoms with Gasteiger partial charge in [0.25, 0.3) is 5.91 Å². The van der Waals surface area contributed by atoms with Crippen molar-refractivity contribution in [3.8, 4) is 0 Å². The summed E-state index contributed by atoms with van der Waals surface area (Å²) in [5.41, 5.74) is 3.58. The smallest absolute Gasteiger partial charge is 0.408 e. The van der Waals surface area contributed by atoms with Gasteiger partial charge in [-0.2, -0.15) is 0 Å². The van der Waals surface area contributed by atoms with E-state index in [-0.39, 0.29) is 5.70 Å². The molecule has 2 aliphatic rings. The number of ether oxygens (including phenoxy) is 2. The fraction of sp³-hybridized carbons (Fsp3) is 0.286. The SMILES string of the molecule is CN(C)C(=CC1=C(C(=O)OC(c2ccccc2)c2ccccc2)N2C(=O)C(NC(=O)OC(C)(C)C)C2SC1)c1ccccc1. The van der Waals surface area contributed by atoms with Crippen LogP contribution in [0.15, 0.2) is 108 Å². The van der Waals surface area contributed by atoms with Crippen molar-refractivity contribution >= 4 is 35.4 Å². The molecule has 0 saturated carbocycles. The van der Waals surface area contributed by atoms with E-state index in [1.165, 1.54) is 16.7 Å². The van der Waals surface area contributed by atoms with Crippen LogP contribution in [0, 0.1) is 0 Å². The molecule has 1 fully saturated rings. The number of alkyl carbamates (subject to hydrolysis) is 1. The lowest BCUT2D eigenvalue weighted by molar-refractivity contribution is -0.153. The van der Waals surface area contributed by atoms with Crippen LogP contribution in [0.1, 0.15) is 43.6 Å². The summed E-state index contributed by atoms with van der Waals surface area (Å²) in [6.07, 6.45) is 0.573. The van der Waals surface area contributed by atoms with Crippen molar-refractivity contribution in [1.29, 1.82) is 0 Å². The zero-order chi connectivity index (χ0) is 31.4. The highest BCUT2D eigenvalue weighted by atomic mass is 32.2. The van der Waals surface area contributed by atoms with Gasteiger partial charge in [-0.25, -0.2) is 9.59 Å². The second-order valence-corrected chi connectivity index (χ2v) is 12.9. The zero-order valence-corrected chi connectivity index (χ0v) is 26.3. The predicted octanol–water partition coefficient (Wildman–Crippen LogP) is 5.98. The number of carbonyl (C=O) groups excluding carboxylic acids is 3. The van der Waals surface area contributed by atoms with Crippen molar-refractivity contribution in [1.82, 2.24) is 15.1 Å². The van der Waals surface area contributed by atoms with Gasteiger partial charge in [0, 0.05) is 25.5 Å². The molecule has 0 spiro atoms. The van der Waals surface area contributed by atoms with Gasteiger partial charge in [0.05, 0.1) is 0 Å². The molecule has 1 saturated heterocycles. The lowest BCUT2D eigenvalue weighted by Crippen LogP contribution is -2.70. The molecule has 3 aromatic rings. The van der Waals surface area contributed by atoms with E-state index in [9.17, 15) is 14.4 Å². The summed E-state index contributed by atoms with van der Waals surface area (Å²) in [6, 6.07) is 28.1. The Morgan fingerprint density at radius 1 is 0.932 bits per heavy atom. The molecule has 228 valence electrons. The van der Waals surface area contributed by atoms with Crippen molar-refractivity contribution in [2.24, 2.45) is 0 Å². The first kappa shape index (κ1) is 30.9. The molecule has 2 heterocycles. The van der Waals surface area contributed by atoms with Gasteiger partial charge in [-0.1, -0.05) is 91.0 Å². The Kier molecular flexibility index (Phi) is 9.15. The second kappa shape index (κ2) is 13.0. The Bertz CT molecular complexity index is 1530. The third-order valence-corrected chi connectivity index (χ3v) is 8.46. The highest BCUT2D eigenvalue weighted by Crippen LogP contribution is 2.42. The minimum absolute atomic E-state index is 0.174. The Morgan fingerprint density at radius 2 is 1.48 bits per heavy atom. The van der Waals surface area contributed by atoms with E-state index in [4.69, 9.17) is 9.47 Å². The molecule has 0 aromatic heterocycles. The molecule has 2 unspecified atom stereocenters. The summed E-state index contributed by atoms with van der Waals surface area (Å²) in [7, 11) is 3.87. The molecule has 2 amide bonds. The molecule has 5 rings (SSSR count). The molecule has 2 aliphatic heterocycles. The highest BCUT2D eigenvalue weighted by Gasteiger charge is 2.55. The maximum Gasteiger partial charge on any atom is 0.408 e. The zero-order valence-electron chi connectivity index (χ0n) is 25.5. The summed E-state index contributed by atoms with van der Waals surface area (Å²) in [6.45, 7) is 5.28. The first-order valence-electron chi connectivity index (χ1n) is 14.5. The standard InChI is InChI=1S/C35H37N3O5S/c1-35(2,3)43-34(41)36-28-31(39)38-29(26(22-44-32(28)38)21-27(37(4)5)23-15-9-6-10-16-23)33(40)42-30(24-17-11-7-12-18-24)25-19-13-8-14-20-25/h6-21,28,30,32H,22H2,1-5H3,(H,36,41). The van der Waals surface area contributed by atoms with Crippen molar-refractivity contribution in [3.63, 3.8) is 0 Å². The number of β-lactam (4-membered cyclic amide) rings is 1. The van der Waals surface area contributed by atoms with Gasteiger partial charge in [-0.05, 0) is 49.1 Å². The van der Waals surface area contributed by atoms with Crippen molar-refractivity contribution in [2.75, 3.05) is 19.8 Å². The summed E-state index contributed by atoms with van der Waals surface area (Å²) >= 11 is 1.48. The summed E-state index contributed by atoms with van der Waals surface area (Å²) in [4.78, 5) is 43.9. The molecule has 0 aliphatic carbocycles. The summed E-state index contributed by atoms with van der Waals surface area (Å²) in [5.74, 6) is -0.584. The molecular weight excluding hydrogens is 574 g/mol. The number of hydrogen-bond acceptors (Lipinski definition) is 7. The molecule has 44 heavy (non-hydrogen) atoms. The van der Waals surface area contributed by atoms with Crippen LogP contribution in [0.5, 0.6) is 0 Å². The number of rotatable bonds is 8. The van der Waals surface area contributed by atoms with Crippen molar-refractivity contribution in [2.45, 2.75) is 43.9 Å². The average Bonchev–Trinajstić information content (AvgIpc) is 3.01. The quantitative estimate of drug-likeness (QED) is 0.248. The lowest BCUT2D eigenvalue weighted by atomic mass is 10.00. The van der Waals surface area contributed by atoms with E-state index in [1.54, 1.807) is 20.8 Å². The van der Waals surface area contributed by atoms with Gasteiger partial charge in [0.2, 0.25) is 0 Å². The number of benzene rings is 3. The molecule has 9 heteroatoms. The Morgan fingerprint density at radius 3 is 2.00 bits per heavy atom. The summed E-state index contributed by atoms with van der Waals surface area (Å²) < 4.78 is 11.7. The topological polar surface area (TPSA) is 88.2 Å². The third-order valence-electron chi connectivity index (χ3n) is 7.16. The van der Waals surface area contributed by atoms with E-state index in [0.29, 0.717) is 11.3 Å². The van der Waals surface area contributed by atoms with Crippen molar-refractivity contribution < 1.29 is 23.9 Å². The average molecular weight is 612 g/mol. The maximum absolute atomic E-state index is 14.3. The van der Waals surface area contributed by atoms with Crippen LogP contribution >= 0.6 is 11.8 Å². The number of carbonyl (C=O) groups is 3. The van der Waals surface area contributed by atoms with Gasteiger partial charge < -0.3 is 19.7 Å². The lowest BCUT2D eigenvalue weighted by Gasteiger charge is -2.49. The van der Waals surface area contributed by atoms with Gasteiger partial charge >= 0.3 is 12.1 Å². The van der Waals surface area contributed by atoms with Crippen LogP contribution in [0.2, 0.25) is 0 Å². The second-order valence-electron chi connectivity index (χ2n) is 11.8. The van der Waals surface area contributed by atoms with Gasteiger partial charge in [-0.3, -0.25) is 9.69 Å². The van der Waals surface area contributed by atoms with Gasteiger partial charge in [0.1, 0.15) is 22.7 Å². The van der Waals surface area contributed by atoms with Gasteiger partial charge in [0.15, 0.2) is 6.10 Å². The number of nitrogens with zero attached hydrogens (tertiary/aromatic N) is 2. The minimum Gasteiger partial charge on any atom is -0.448 e. The highest BCUT2D eigenvalue weighted by molar-refractivity contribution is 8.00. The number of amides is 2. The van der Waals surface area contributed by atoms with Crippen LogP contribution in [0.4, 0.5) is 4.79 Å². The Hall–Kier alpha value is -4.50. The fourth-order valence-electron chi connectivity index (χ4n) is 5.17. The normalized spacial score (nSPS) is 18.4. The Labute approximate surface area is 262 Å². The van der Waals surface area contributed by atoms with E-state index >= 15 is 0 Å². The number of thioether (sulfide) groups is 1. The molecular formula is C35H37N3O5S. The van der Waals surface area contributed by atoms with Crippen molar-refractivity contribution in [3.05, 3.63) is 125 Å². The van der Waals surface area contributed by atoms with E-state index < -0.39 is 41.1 Å². The number of esters is 1. The first-order valence-corrected chi connectivity index (χ1v) is 15.5. The summed E-state index contributed by atoms with van der Waals surface area (Å²) in [5, 5.41) is 2.22. The number of nitrogens with one attached hydrogen (secondary N) is 1. The third kappa shape index (κ3) is 6.83. The van der Waals surface area contributed by atoms with Crippen LogP contribution in [-0.2, 0) is 19.1 Å². The monoisotopic (exact) mass is 611 g/mol. The predicted molar refractivity (Wildman–Crippen MR) is 172 cm³/mol. The Balaban J connectivity index is 1.54. The van der Waals surface area contributed by atoms with Crippen LogP contribution in [0.3, 0.4) is 0 Å². The van der Waals surface area contributed by atoms with Crippen LogP contribution < -0.4 is 5.32 Å². The fourth-order valence-corrected chi connectivity index (χ4v) is 6.47. The van der Waals surface area contributed by atoms with E-state index in [0.717, 1.165) is 22.4 Å². The van der Waals surface area contributed by atoms with E-state index in [2.05, 4.69) is 5.32 Å². The van der Waals surface area contributed by atoms with E-state index in [1.807, 2.05) is 116 Å². The molecule has 3 aromatic carbocycles. The molecule has 1 N–H and O–H groups in total. The van der Waals surface area contributed by atoms with Gasteiger partial charge in [-0.15, -0.1) is 11.8 Å². The first-order chi connectivity index (χ1) is 21.0. The largest absolute Gasteiger partial charge is 0.448 e. The molecule has 8 nitrogen and oxygen atoms in total. The molecule has 0 radical (unpaired) electrons. The minimum atomic E-state index is -0.829. The van der Waals surface area contributed by atoms with Crippen LogP contribution in [0.25, 0.3) is 5.70 Å².